The minimum absolute atomic E-state index is 0.0601. The lowest BCUT2D eigenvalue weighted by molar-refractivity contribution is -0.133. The third kappa shape index (κ3) is 6.41. The Morgan fingerprint density at radius 3 is 2.80 bits per heavy atom. The van der Waals surface area contributed by atoms with Gasteiger partial charge >= 0.3 is 0 Å². The van der Waals surface area contributed by atoms with Gasteiger partial charge in [0.05, 0.1) is 12.3 Å². The summed E-state index contributed by atoms with van der Waals surface area (Å²) >= 11 is 6.36. The van der Waals surface area contributed by atoms with Crippen molar-refractivity contribution in [3.63, 3.8) is 0 Å². The Morgan fingerprint density at radius 1 is 1.11 bits per heavy atom. The van der Waals surface area contributed by atoms with Gasteiger partial charge < -0.3 is 14.5 Å². The summed E-state index contributed by atoms with van der Waals surface area (Å²) in [5.41, 5.74) is 5.04. The molecule has 0 N–H and O–H groups in total. The summed E-state index contributed by atoms with van der Waals surface area (Å²) in [6, 6.07) is 12.8. The molecule has 35 heavy (non-hydrogen) atoms. The smallest absolute Gasteiger partial charge is 0.225 e. The molecule has 1 amide bonds. The van der Waals surface area contributed by atoms with Crippen LogP contribution in [0.15, 0.2) is 48.6 Å². The standard InChI is InChI=1S/C30H39ClN2O2/c1-4-10-24-19-26(31)12-13-27(24)25-20-33-16-9-7-5-6-8-15-32(3)30(34)22(2)17-23-11-14-29(35-21-25)28(33)18-23/h6,8,11-14,18-19,22,25H,4-5,7,9-10,15-17,20-21H2,1-3H3/b8-6+. The summed E-state index contributed by atoms with van der Waals surface area (Å²) in [6.07, 6.45) is 10.5. The molecule has 2 aliphatic heterocycles. The van der Waals surface area contributed by atoms with Gasteiger partial charge in [-0.3, -0.25) is 4.79 Å². The Kier molecular flexibility index (Phi) is 8.78. The highest BCUT2D eigenvalue weighted by Crippen LogP contribution is 2.37. The van der Waals surface area contributed by atoms with E-state index < -0.39 is 0 Å². The third-order valence-electron chi connectivity index (χ3n) is 7.24. The van der Waals surface area contributed by atoms with E-state index in [1.807, 2.05) is 24.9 Å². The fourth-order valence-electron chi connectivity index (χ4n) is 5.35. The number of anilines is 1. The number of likely N-dealkylation sites (N-methyl/N-ethyl adjacent to an activating group) is 1. The molecule has 2 aliphatic rings. The van der Waals surface area contributed by atoms with Gasteiger partial charge in [-0.2, -0.15) is 0 Å². The van der Waals surface area contributed by atoms with Crippen molar-refractivity contribution in [3.05, 3.63) is 70.3 Å². The number of carbonyl (C=O) groups is 1. The first kappa shape index (κ1) is 25.6. The molecule has 4 nitrogen and oxygen atoms in total. The molecule has 188 valence electrons. The van der Waals surface area contributed by atoms with Gasteiger partial charge in [-0.15, -0.1) is 0 Å². The zero-order valence-electron chi connectivity index (χ0n) is 21.4. The minimum atomic E-state index is -0.0601. The predicted molar refractivity (Wildman–Crippen MR) is 146 cm³/mol. The third-order valence-corrected chi connectivity index (χ3v) is 7.48. The fourth-order valence-corrected chi connectivity index (χ4v) is 5.54. The van der Waals surface area contributed by atoms with Crippen LogP contribution in [-0.2, 0) is 17.6 Å². The van der Waals surface area contributed by atoms with Gasteiger partial charge in [0.15, 0.2) is 0 Å². The number of allylic oxidation sites excluding steroid dienone is 1. The van der Waals surface area contributed by atoms with Gasteiger partial charge in [0.1, 0.15) is 5.75 Å². The quantitative estimate of drug-likeness (QED) is 0.447. The summed E-state index contributed by atoms with van der Waals surface area (Å²) in [5, 5.41) is 0.802. The van der Waals surface area contributed by atoms with Gasteiger partial charge in [-0.1, -0.05) is 56.2 Å². The summed E-state index contributed by atoms with van der Waals surface area (Å²) in [7, 11) is 1.90. The fraction of sp³-hybridized carbons (Fsp3) is 0.500. The van der Waals surface area contributed by atoms with Crippen molar-refractivity contribution in [2.75, 3.05) is 38.2 Å². The van der Waals surface area contributed by atoms with Gasteiger partial charge in [0, 0.05) is 43.5 Å². The summed E-state index contributed by atoms with van der Waals surface area (Å²) < 4.78 is 6.43. The number of aryl methyl sites for hydroxylation is 1. The molecule has 0 aromatic heterocycles. The SMILES string of the molecule is CCCc1cc(Cl)ccc1C1COc2ccc3cc2N(CCCC/C=C/CN(C)C(=O)C(C)C3)C1. The lowest BCUT2D eigenvalue weighted by Crippen LogP contribution is -2.32. The molecule has 2 aromatic rings. The lowest BCUT2D eigenvalue weighted by Gasteiger charge is -2.28. The van der Waals surface area contributed by atoms with Gasteiger partial charge in [-0.25, -0.2) is 0 Å². The molecule has 2 heterocycles. The summed E-state index contributed by atoms with van der Waals surface area (Å²) in [5.74, 6) is 1.36. The molecule has 0 saturated heterocycles. The number of rotatable bonds is 3. The van der Waals surface area contributed by atoms with E-state index in [1.165, 1.54) is 16.7 Å². The van der Waals surface area contributed by atoms with Crippen LogP contribution in [0, 0.1) is 5.92 Å². The van der Waals surface area contributed by atoms with Gasteiger partial charge in [0.25, 0.3) is 0 Å². The Morgan fingerprint density at radius 2 is 1.97 bits per heavy atom. The van der Waals surface area contributed by atoms with Crippen molar-refractivity contribution < 1.29 is 9.53 Å². The first-order valence-electron chi connectivity index (χ1n) is 13.1. The minimum Gasteiger partial charge on any atom is -0.491 e. The number of benzene rings is 2. The Hall–Kier alpha value is -2.46. The topological polar surface area (TPSA) is 32.8 Å². The maximum absolute atomic E-state index is 12.9. The van der Waals surface area contributed by atoms with Crippen LogP contribution >= 0.6 is 11.6 Å². The first-order chi connectivity index (χ1) is 17.0. The van der Waals surface area contributed by atoms with E-state index in [1.54, 1.807) is 0 Å². The molecule has 2 aromatic carbocycles. The number of amides is 1. The number of fused-ring (bicyclic) bond motifs is 1. The molecule has 0 saturated carbocycles. The highest BCUT2D eigenvalue weighted by molar-refractivity contribution is 6.30. The van der Waals surface area contributed by atoms with Crippen molar-refractivity contribution in [1.29, 1.82) is 0 Å². The second-order valence-electron chi connectivity index (χ2n) is 10.1. The van der Waals surface area contributed by atoms with Gasteiger partial charge in [-0.05, 0) is 73.1 Å². The molecule has 2 atom stereocenters. The highest BCUT2D eigenvalue weighted by Gasteiger charge is 2.27. The Balaban J connectivity index is 1.65. The first-order valence-corrected chi connectivity index (χ1v) is 13.5. The number of hydrogen-bond donors (Lipinski definition) is 0. The zero-order chi connectivity index (χ0) is 24.8. The predicted octanol–water partition coefficient (Wildman–Crippen LogP) is 6.65. The van der Waals surface area contributed by atoms with E-state index in [0.29, 0.717) is 13.2 Å². The van der Waals surface area contributed by atoms with Crippen LogP contribution in [0.25, 0.3) is 0 Å². The molecule has 5 heteroatoms. The van der Waals surface area contributed by atoms with Gasteiger partial charge in [0.2, 0.25) is 5.91 Å². The molecule has 0 aliphatic carbocycles. The van der Waals surface area contributed by atoms with Crippen molar-refractivity contribution in [3.8, 4) is 5.75 Å². The van der Waals surface area contributed by atoms with Crippen LogP contribution in [0.2, 0.25) is 5.02 Å². The normalized spacial score (nSPS) is 22.6. The summed E-state index contributed by atoms with van der Waals surface area (Å²) in [4.78, 5) is 17.2. The van der Waals surface area contributed by atoms with Crippen LogP contribution in [0.4, 0.5) is 5.69 Å². The van der Waals surface area contributed by atoms with Crippen molar-refractivity contribution in [1.82, 2.24) is 4.90 Å². The Labute approximate surface area is 215 Å². The molecule has 0 fully saturated rings. The van der Waals surface area contributed by atoms with Crippen molar-refractivity contribution in [2.45, 2.75) is 58.3 Å². The maximum Gasteiger partial charge on any atom is 0.225 e. The number of halogens is 1. The number of ether oxygens (including phenoxy) is 1. The maximum atomic E-state index is 12.9. The van der Waals surface area contributed by atoms with Crippen LogP contribution < -0.4 is 9.64 Å². The molecular weight excluding hydrogens is 456 g/mol. The average molecular weight is 495 g/mol. The van der Waals surface area contributed by atoms with E-state index in [9.17, 15) is 4.79 Å². The van der Waals surface area contributed by atoms with Crippen LogP contribution in [0.1, 0.15) is 62.1 Å². The number of hydrogen-bond acceptors (Lipinski definition) is 3. The summed E-state index contributed by atoms with van der Waals surface area (Å²) in [6.45, 7) is 7.50. The Bertz CT molecular complexity index is 1050. The van der Waals surface area contributed by atoms with Crippen molar-refractivity contribution in [2.24, 2.45) is 5.92 Å². The van der Waals surface area contributed by atoms with E-state index >= 15 is 0 Å². The number of nitrogens with zero attached hydrogens (tertiary/aromatic N) is 2. The zero-order valence-corrected chi connectivity index (χ0v) is 22.2. The van der Waals surface area contributed by atoms with Crippen LogP contribution in [0.3, 0.4) is 0 Å². The molecular formula is C30H39ClN2O2. The van der Waals surface area contributed by atoms with E-state index in [2.05, 4.69) is 54.3 Å². The second-order valence-corrected chi connectivity index (χ2v) is 10.6. The molecule has 0 spiro atoms. The van der Waals surface area contributed by atoms with E-state index in [-0.39, 0.29) is 17.7 Å². The monoisotopic (exact) mass is 494 g/mol. The molecule has 2 bridgehead atoms. The highest BCUT2D eigenvalue weighted by atomic mass is 35.5. The van der Waals surface area contributed by atoms with E-state index in [4.69, 9.17) is 16.3 Å². The second kappa shape index (κ2) is 12.0. The van der Waals surface area contributed by atoms with Crippen molar-refractivity contribution >= 4 is 23.2 Å². The molecule has 4 rings (SSSR count). The lowest BCUT2D eigenvalue weighted by atomic mass is 9.92. The van der Waals surface area contributed by atoms with Crippen LogP contribution in [0.5, 0.6) is 5.75 Å². The molecule has 0 radical (unpaired) electrons. The van der Waals surface area contributed by atoms with Crippen LogP contribution in [-0.4, -0.2) is 44.1 Å². The number of carbonyl (C=O) groups excluding carboxylic acids is 1. The molecule has 2 unspecified atom stereocenters. The van der Waals surface area contributed by atoms with E-state index in [0.717, 1.165) is 68.1 Å². The average Bonchev–Trinajstić information content (AvgIpc) is 3.02. The largest absolute Gasteiger partial charge is 0.491 e.